The lowest BCUT2D eigenvalue weighted by molar-refractivity contribution is -0.183. The number of imidazole rings is 1. The summed E-state index contributed by atoms with van der Waals surface area (Å²) in [5.41, 5.74) is 8.08. The van der Waals surface area contributed by atoms with Crippen molar-refractivity contribution in [2.45, 2.75) is 182 Å². The number of nitrogens with zero attached hydrogens (tertiary/aromatic N) is 7. The summed E-state index contributed by atoms with van der Waals surface area (Å²) in [5.74, 6) is 1.53. The zero-order chi connectivity index (χ0) is 78.9. The molecule has 2 saturated heterocycles. The minimum atomic E-state index is -0.928. The number of anilines is 2. The summed E-state index contributed by atoms with van der Waals surface area (Å²) in [6.45, 7) is 20.5. The van der Waals surface area contributed by atoms with E-state index in [0.717, 1.165) is 46.6 Å². The first-order chi connectivity index (χ1) is 51.1. The third kappa shape index (κ3) is 17.2. The van der Waals surface area contributed by atoms with Crippen molar-refractivity contribution < 1.29 is 68.7 Å². The molecule has 592 valence electrons. The molecule has 13 rings (SSSR count). The minimum Gasteiger partial charge on any atom is -0.496 e. The Hall–Kier alpha value is -7.72. The number of para-hydroxylation sites is 2. The average Bonchev–Trinajstić information content (AvgIpc) is 0.784. The van der Waals surface area contributed by atoms with Crippen LogP contribution in [-0.4, -0.2) is 217 Å². The van der Waals surface area contributed by atoms with Crippen molar-refractivity contribution in [3.63, 3.8) is 0 Å². The summed E-state index contributed by atoms with van der Waals surface area (Å²) in [6.07, 6.45) is 5.09. The van der Waals surface area contributed by atoms with Gasteiger partial charge in [0.15, 0.2) is 0 Å². The molecule has 3 heterocycles. The Morgan fingerprint density at radius 1 is 0.630 bits per heavy atom. The van der Waals surface area contributed by atoms with E-state index in [1.807, 2.05) is 110 Å². The molecule has 5 aromatic rings. The predicted molar refractivity (Wildman–Crippen MR) is 415 cm³/mol. The van der Waals surface area contributed by atoms with Crippen LogP contribution < -0.4 is 40.5 Å². The quantitative estimate of drug-likeness (QED) is 0.0234. The lowest BCUT2D eigenvalue weighted by atomic mass is 9.45. The van der Waals surface area contributed by atoms with Crippen LogP contribution in [0.5, 0.6) is 11.5 Å². The number of aryl methyl sites for hydroxylation is 1. The Labute approximate surface area is 638 Å². The summed E-state index contributed by atoms with van der Waals surface area (Å²) >= 11 is 0. The molecule has 8 fully saturated rings. The number of rotatable bonds is 28. The highest BCUT2D eigenvalue weighted by Crippen LogP contribution is 2.62. The molecule has 25 heteroatoms. The second-order valence-electron chi connectivity index (χ2n) is 33.7. The van der Waals surface area contributed by atoms with Crippen molar-refractivity contribution in [2.24, 2.45) is 71.1 Å². The number of aliphatic hydroxyl groups is 5. The van der Waals surface area contributed by atoms with E-state index in [0.29, 0.717) is 87.2 Å². The molecular weight excluding hydrogens is 1370 g/mol. The molecular formula is C83H121N11O14. The molecule has 6 saturated carbocycles. The lowest BCUT2D eigenvalue weighted by Gasteiger charge is -2.62. The van der Waals surface area contributed by atoms with Crippen LogP contribution in [0.2, 0.25) is 0 Å². The molecule has 0 unspecified atom stereocenters. The Morgan fingerprint density at radius 3 is 1.41 bits per heavy atom. The van der Waals surface area contributed by atoms with E-state index in [2.05, 4.69) is 81.6 Å². The Balaban J connectivity index is 0.000000232. The first kappa shape index (κ1) is 82.8. The van der Waals surface area contributed by atoms with Gasteiger partial charge in [0, 0.05) is 136 Å². The van der Waals surface area contributed by atoms with Gasteiger partial charge in [0.2, 0.25) is 17.7 Å². The van der Waals surface area contributed by atoms with E-state index in [-0.39, 0.29) is 91.9 Å². The average molecular weight is 1500 g/mol. The third-order valence-electron chi connectivity index (χ3n) is 25.1. The van der Waals surface area contributed by atoms with Crippen LogP contribution in [-0.2, 0) is 50.6 Å². The summed E-state index contributed by atoms with van der Waals surface area (Å²) in [5, 5.41) is 68.3. The lowest BCUT2D eigenvalue weighted by Crippen LogP contribution is -2.62. The molecule has 9 N–H and O–H groups in total. The third-order valence-corrected chi connectivity index (χ3v) is 25.1. The monoisotopic (exact) mass is 1500 g/mol. The first-order valence-electron chi connectivity index (χ1n) is 38.5. The van der Waals surface area contributed by atoms with E-state index in [1.165, 1.54) is 17.7 Å². The number of hydroxylamine groups is 4. The number of hydrogen-bond donors (Lipinski definition) is 9. The van der Waals surface area contributed by atoms with Gasteiger partial charge in [0.25, 0.3) is 11.8 Å². The topological polar surface area (TPSA) is 306 Å². The number of nitrogens with one attached hydrogen (secondary N) is 4. The molecule has 0 spiro atoms. The second-order valence-corrected chi connectivity index (χ2v) is 33.7. The summed E-state index contributed by atoms with van der Waals surface area (Å²) in [4.78, 5) is 91.3. The SMILES string of the molecule is COc1c(CN2O[C@@H](CO)[C@@H]([C@H](C)O)[C@H]2C(=O)N[C@H]2C[C@H]3C[C@@H]([C@@H]2C)C3(C)C)cccc1-c1cc(C(=O)N[C@@H](CO)CC(C)C)cc(N(C)C)c1.COc1c(CN2O[C@@H](CO)[C@H]([C@H](C)O)[C@H]2C(=O)N[C@H]2C[C@H]3C[C@@H]([C@@H]2C)C3(C)C)cccc1-c1cc(C(=O)N[C@@H](Cc2cncn2C)C(=O)N(C)C)cc(N(C)C)c1. The maximum absolute atomic E-state index is 14.3. The van der Waals surface area contributed by atoms with Gasteiger partial charge in [-0.2, -0.15) is 10.1 Å². The fourth-order valence-electron chi connectivity index (χ4n) is 18.5. The molecule has 0 radical (unpaired) electrons. The maximum atomic E-state index is 14.3. The van der Waals surface area contributed by atoms with Crippen molar-refractivity contribution in [1.82, 2.24) is 45.8 Å². The largest absolute Gasteiger partial charge is 0.496 e. The van der Waals surface area contributed by atoms with Crippen molar-refractivity contribution in [3.05, 3.63) is 113 Å². The molecule has 4 bridgehead atoms. The molecule has 2 aliphatic heterocycles. The fourth-order valence-corrected chi connectivity index (χ4v) is 18.5. The van der Waals surface area contributed by atoms with Crippen LogP contribution in [0.4, 0.5) is 11.4 Å². The number of hydrogen-bond acceptors (Lipinski definition) is 19. The van der Waals surface area contributed by atoms with E-state index >= 15 is 0 Å². The molecule has 4 aromatic carbocycles. The highest BCUT2D eigenvalue weighted by molar-refractivity contribution is 6.00. The van der Waals surface area contributed by atoms with Crippen molar-refractivity contribution in [2.75, 3.05) is 86.1 Å². The van der Waals surface area contributed by atoms with E-state index in [1.54, 1.807) is 76.9 Å². The number of aliphatic hydroxyl groups excluding tert-OH is 5. The van der Waals surface area contributed by atoms with Crippen molar-refractivity contribution in [1.29, 1.82) is 0 Å². The molecule has 6 aliphatic carbocycles. The van der Waals surface area contributed by atoms with Crippen LogP contribution >= 0.6 is 0 Å². The van der Waals surface area contributed by atoms with Gasteiger partial charge in [-0.25, -0.2) is 4.98 Å². The van der Waals surface area contributed by atoms with Gasteiger partial charge >= 0.3 is 0 Å². The number of likely N-dealkylation sites (N-methyl/N-ethyl adjacent to an activating group) is 1. The number of methoxy groups -OCH3 is 2. The van der Waals surface area contributed by atoms with Gasteiger partial charge in [-0.05, 0) is 146 Å². The number of amides is 5. The van der Waals surface area contributed by atoms with E-state index in [4.69, 9.17) is 19.1 Å². The number of aromatic nitrogens is 2. The molecule has 1 aromatic heterocycles. The molecule has 108 heavy (non-hydrogen) atoms. The van der Waals surface area contributed by atoms with Gasteiger partial charge in [0.05, 0.1) is 71.7 Å². The number of benzene rings is 4. The van der Waals surface area contributed by atoms with Gasteiger partial charge in [0.1, 0.15) is 41.8 Å². The molecule has 8 aliphatic rings. The maximum Gasteiger partial charge on any atom is 0.252 e. The van der Waals surface area contributed by atoms with Crippen LogP contribution in [0.3, 0.4) is 0 Å². The molecule has 25 nitrogen and oxygen atoms in total. The van der Waals surface area contributed by atoms with Crippen LogP contribution in [0, 0.1) is 64.1 Å². The van der Waals surface area contributed by atoms with Gasteiger partial charge in [-0.3, -0.25) is 33.6 Å². The normalized spacial score (nSPS) is 27.1. The van der Waals surface area contributed by atoms with Crippen molar-refractivity contribution >= 4 is 40.9 Å². The standard InChI is InChI=1S/C43H61N7O7.C40H60N4O7/c1-24-33-17-29(43(33,3)4)18-34(24)45-41(54)38-37(25(2)52)36(22-51)57-50(38)21-26-12-11-13-32(39(26)56-10)27-14-28(16-30(15-27)47(5)6)40(53)46-35(42(55)48(7)8)19-31-20-44-23-49(31)9;1-22(2)13-29(20-45)41-38(48)27-14-26(15-30(16-27)43(7)8)31-12-10-11-25(37(31)50-9)19-44-36(35(24(4)47)34(21-46)51-44)39(49)42-33-18-28-17-32(23(33)3)40(28,5)6/h11-16,20,23-25,29,33-38,51-52H,17-19,21-22H2,1-10H3,(H,45,54)(H,46,53);10-12,14-16,22-24,28-29,32-36,45-47H,13,17-21H2,1-9H3,(H,41,48)(H,42,49)/t24-,25-,29+,33-,34-,35-,36-,37-,38-;23-,24-,28+,29+,32-,33-,34-,35+,36-/m00/s1. The Morgan fingerprint density at radius 2 is 1.06 bits per heavy atom. The second kappa shape index (κ2) is 34.3. The smallest absolute Gasteiger partial charge is 0.252 e. The van der Waals surface area contributed by atoms with E-state index in [9.17, 15) is 49.5 Å². The number of ether oxygens (including phenoxy) is 2. The number of carbonyl (C=O) groups excluding carboxylic acids is 5. The summed E-state index contributed by atoms with van der Waals surface area (Å²) in [6, 6.07) is 19.7. The highest BCUT2D eigenvalue weighted by atomic mass is 16.7. The fraction of sp³-hybridized carbons (Fsp3) is 0.614. The Bertz CT molecular complexity index is 3990. The highest BCUT2D eigenvalue weighted by Gasteiger charge is 2.59. The predicted octanol–water partition coefficient (Wildman–Crippen LogP) is 7.48. The molecule has 18 atom stereocenters. The van der Waals surface area contributed by atoms with Gasteiger partial charge in [-0.1, -0.05) is 91.8 Å². The van der Waals surface area contributed by atoms with Crippen LogP contribution in [0.15, 0.2) is 85.3 Å². The summed E-state index contributed by atoms with van der Waals surface area (Å²) < 4.78 is 13.9. The van der Waals surface area contributed by atoms with Crippen LogP contribution in [0.25, 0.3) is 22.3 Å². The zero-order valence-corrected chi connectivity index (χ0v) is 66.9. The number of fused-ring (bicyclic) bond motifs is 4. The number of carbonyl (C=O) groups is 5. The van der Waals surface area contributed by atoms with E-state index < -0.39 is 60.3 Å². The van der Waals surface area contributed by atoms with Crippen molar-refractivity contribution in [3.8, 4) is 33.8 Å². The minimum absolute atomic E-state index is 0.0126. The molecule has 5 amide bonds. The zero-order valence-electron chi connectivity index (χ0n) is 66.9. The van der Waals surface area contributed by atoms with Gasteiger partial charge in [-0.15, -0.1) is 0 Å². The Kier molecular flexibility index (Phi) is 26.3. The first-order valence-corrected chi connectivity index (χ1v) is 38.5. The summed E-state index contributed by atoms with van der Waals surface area (Å²) in [7, 11) is 15.9. The van der Waals surface area contributed by atoms with Crippen LogP contribution in [0.1, 0.15) is 139 Å². The van der Waals surface area contributed by atoms with Gasteiger partial charge < -0.3 is 75.5 Å².